The molecule has 0 aliphatic carbocycles. The number of carbonyl (C=O) groups excluding carboxylic acids is 2. The fourth-order valence-corrected chi connectivity index (χ4v) is 5.87. The first-order valence-corrected chi connectivity index (χ1v) is 12.7. The molecule has 4 rings (SSSR count). The van der Waals surface area contributed by atoms with E-state index in [4.69, 9.17) is 15.9 Å². The van der Waals surface area contributed by atoms with Crippen LogP contribution in [0.5, 0.6) is 5.75 Å². The molecule has 1 saturated heterocycles. The number of aliphatic hydroxyl groups excluding tert-OH is 1. The number of carbonyl (C=O) groups is 2. The minimum atomic E-state index is -0.757. The Morgan fingerprint density at radius 1 is 1.29 bits per heavy atom. The molecule has 1 fully saturated rings. The second-order valence-corrected chi connectivity index (χ2v) is 11.1. The number of thioether (sulfide) groups is 1. The molecule has 2 aliphatic rings. The van der Waals surface area contributed by atoms with Crippen molar-refractivity contribution < 1.29 is 23.9 Å². The van der Waals surface area contributed by atoms with Crippen LogP contribution in [0.4, 0.5) is 0 Å². The van der Waals surface area contributed by atoms with Gasteiger partial charge in [0, 0.05) is 16.9 Å². The maximum atomic E-state index is 12.5. The molecule has 2 aliphatic heterocycles. The molecular formula is C26H33N4O4S+. The van der Waals surface area contributed by atoms with Gasteiger partial charge >= 0.3 is 0 Å². The largest absolute Gasteiger partial charge is 0.489 e. The van der Waals surface area contributed by atoms with E-state index in [1.807, 2.05) is 31.2 Å². The minimum absolute atomic E-state index is 0.0742. The Balaban J connectivity index is 1.57. The highest BCUT2D eigenvalue weighted by molar-refractivity contribution is 8.13. The van der Waals surface area contributed by atoms with E-state index in [2.05, 4.69) is 26.2 Å². The summed E-state index contributed by atoms with van der Waals surface area (Å²) in [6.45, 7) is 4.56. The van der Waals surface area contributed by atoms with Crippen LogP contribution < -0.4 is 10.5 Å². The average molecular weight is 498 g/mol. The molecule has 0 bridgehead atoms. The Labute approximate surface area is 209 Å². The number of nitrogens with two attached hydrogens (primary N) is 1. The van der Waals surface area contributed by atoms with Crippen molar-refractivity contribution in [1.82, 2.24) is 4.90 Å². The smallest absolute Gasteiger partial charge is 0.235 e. The molecule has 4 atom stereocenters. The molecule has 4 N–H and O–H groups in total. The number of ether oxygens (including phenoxy) is 1. The lowest BCUT2D eigenvalue weighted by Gasteiger charge is -2.46. The maximum absolute atomic E-state index is 12.5. The predicted octanol–water partition coefficient (Wildman–Crippen LogP) is 2.69. The molecule has 2 aromatic carbocycles. The first kappa shape index (κ1) is 25.2. The Hall–Kier alpha value is -2.88. The van der Waals surface area contributed by atoms with Gasteiger partial charge in [0.15, 0.2) is 11.5 Å². The van der Waals surface area contributed by atoms with Crippen molar-refractivity contribution in [2.75, 3.05) is 26.6 Å². The monoisotopic (exact) mass is 497 g/mol. The predicted molar refractivity (Wildman–Crippen MR) is 138 cm³/mol. The lowest BCUT2D eigenvalue weighted by Crippen LogP contribution is -2.63. The van der Waals surface area contributed by atoms with E-state index in [0.29, 0.717) is 21.8 Å². The zero-order chi connectivity index (χ0) is 25.5. The van der Waals surface area contributed by atoms with Crippen LogP contribution in [0.15, 0.2) is 47.7 Å². The summed E-state index contributed by atoms with van der Waals surface area (Å²) in [5.41, 5.74) is 7.85. The van der Waals surface area contributed by atoms with E-state index in [1.165, 1.54) is 22.2 Å². The quantitative estimate of drug-likeness (QED) is 0.122. The molecule has 0 unspecified atom stereocenters. The average Bonchev–Trinajstić information content (AvgIpc) is 3.03. The number of hydrogen-bond donors (Lipinski definition) is 3. The topological polar surface area (TPSA) is 117 Å². The molecule has 35 heavy (non-hydrogen) atoms. The van der Waals surface area contributed by atoms with Gasteiger partial charge in [-0.1, -0.05) is 37.3 Å². The number of amides is 1. The number of β-lactam (4-membered cyclic amide) rings is 1. The lowest BCUT2D eigenvalue weighted by atomic mass is 9.78. The second-order valence-electron chi connectivity index (χ2n) is 10.1. The van der Waals surface area contributed by atoms with Crippen molar-refractivity contribution in [2.24, 2.45) is 17.6 Å². The lowest BCUT2D eigenvalue weighted by molar-refractivity contribution is -0.890. The van der Waals surface area contributed by atoms with Gasteiger partial charge in [-0.15, -0.1) is 0 Å². The van der Waals surface area contributed by atoms with Crippen LogP contribution in [0.25, 0.3) is 10.8 Å². The summed E-state index contributed by atoms with van der Waals surface area (Å²) >= 11 is 1.33. The first-order valence-electron chi connectivity index (χ1n) is 11.7. The summed E-state index contributed by atoms with van der Waals surface area (Å²) in [5.74, 6) is 0.639. The fourth-order valence-electron chi connectivity index (χ4n) is 5.29. The van der Waals surface area contributed by atoms with Crippen LogP contribution in [0, 0.1) is 17.2 Å². The Kier molecular flexibility index (Phi) is 6.95. The Bertz CT molecular complexity index is 1210. The number of nitrogens with zero attached hydrogens (tertiary/aromatic N) is 2. The molecule has 0 aromatic heterocycles. The number of aldehydes is 1. The molecule has 1 amide bonds. The second kappa shape index (κ2) is 9.64. The molecule has 0 spiro atoms. The molecule has 8 nitrogen and oxygen atoms in total. The van der Waals surface area contributed by atoms with Gasteiger partial charge < -0.3 is 25.0 Å². The highest BCUT2D eigenvalue weighted by Gasteiger charge is 2.58. The molecular weight excluding hydrogens is 464 g/mol. The van der Waals surface area contributed by atoms with Gasteiger partial charge in [0.25, 0.3) is 0 Å². The number of benzene rings is 2. The number of quaternary nitrogens is 1. The maximum Gasteiger partial charge on any atom is 0.235 e. The summed E-state index contributed by atoms with van der Waals surface area (Å²) < 4.78 is 6.92. The molecule has 2 aromatic rings. The zero-order valence-electron chi connectivity index (χ0n) is 20.5. The van der Waals surface area contributed by atoms with Crippen LogP contribution in [-0.2, 0) is 16.1 Å². The van der Waals surface area contributed by atoms with Crippen LogP contribution in [0.3, 0.4) is 0 Å². The van der Waals surface area contributed by atoms with Crippen molar-refractivity contribution in [1.29, 1.82) is 5.41 Å². The highest BCUT2D eigenvalue weighted by Crippen LogP contribution is 2.46. The van der Waals surface area contributed by atoms with Crippen molar-refractivity contribution in [3.05, 3.63) is 53.2 Å². The third-order valence-corrected chi connectivity index (χ3v) is 8.13. The number of rotatable bonds is 9. The summed E-state index contributed by atoms with van der Waals surface area (Å²) in [6, 6.07) is 11.9. The Morgan fingerprint density at radius 3 is 2.63 bits per heavy atom. The normalized spacial score (nSPS) is 22.7. The minimum Gasteiger partial charge on any atom is -0.489 e. The van der Waals surface area contributed by atoms with Gasteiger partial charge in [-0.05, 0) is 35.7 Å². The third kappa shape index (κ3) is 4.68. The van der Waals surface area contributed by atoms with Gasteiger partial charge in [0.2, 0.25) is 5.91 Å². The zero-order valence-corrected chi connectivity index (χ0v) is 21.3. The van der Waals surface area contributed by atoms with E-state index < -0.39 is 12.0 Å². The molecule has 0 saturated carbocycles. The van der Waals surface area contributed by atoms with Crippen molar-refractivity contribution in [3.63, 3.8) is 0 Å². The number of fused-ring (bicyclic) bond motifs is 2. The van der Waals surface area contributed by atoms with Crippen LogP contribution in [0.2, 0.25) is 0 Å². The molecule has 2 heterocycles. The molecule has 0 radical (unpaired) electrons. The van der Waals surface area contributed by atoms with Crippen LogP contribution in [-0.4, -0.2) is 70.6 Å². The van der Waals surface area contributed by atoms with E-state index in [-0.39, 0.29) is 29.6 Å². The van der Waals surface area contributed by atoms with Crippen LogP contribution in [0.1, 0.15) is 19.4 Å². The van der Waals surface area contributed by atoms with Crippen molar-refractivity contribution >= 4 is 39.9 Å². The van der Waals surface area contributed by atoms with Gasteiger partial charge in [0.05, 0.1) is 37.9 Å². The summed E-state index contributed by atoms with van der Waals surface area (Å²) in [5, 5.41) is 19.7. The number of hydrogen-bond acceptors (Lipinski definition) is 6. The van der Waals surface area contributed by atoms with E-state index >= 15 is 0 Å². The highest BCUT2D eigenvalue weighted by atomic mass is 32.2. The van der Waals surface area contributed by atoms with E-state index in [9.17, 15) is 14.7 Å². The van der Waals surface area contributed by atoms with Gasteiger partial charge in [-0.3, -0.25) is 15.0 Å². The third-order valence-electron chi connectivity index (χ3n) is 6.99. The fraction of sp³-hybridized carbons (Fsp3) is 0.423. The SMILES string of the molecule is C[C@@H](O)[C@H]1C(=O)N2C(C=O)=C(COc3cccc4c(C[N+](C)(C)CSC(=N)N)cccc34)[C@H](C)[C@H]12. The van der Waals surface area contributed by atoms with Gasteiger partial charge in [0.1, 0.15) is 24.8 Å². The standard InChI is InChI=1S/C26H33N4O4S/c1-15-20(21(12-31)29-24(15)23(16(2)32)25(29)33)13-34-22-10-6-8-18-17(7-5-9-19(18)22)11-30(3,4)14-35-26(27)28/h5-10,12,15-16,23-24,32H,11,13-14H2,1-4H3,(H3,27,28)/q+1/t15-,16+,23+,24+/m0/s1. The summed E-state index contributed by atoms with van der Waals surface area (Å²) in [6.07, 6.45) is -0.0293. The first-order chi connectivity index (χ1) is 16.6. The van der Waals surface area contributed by atoms with Crippen LogP contribution >= 0.6 is 11.8 Å². The van der Waals surface area contributed by atoms with Crippen molar-refractivity contribution in [2.45, 2.75) is 32.5 Å². The molecule has 186 valence electrons. The number of nitrogens with one attached hydrogen (secondary N) is 1. The van der Waals surface area contributed by atoms with Gasteiger partial charge in [-0.25, -0.2) is 0 Å². The number of allylic oxidation sites excluding steroid dienone is 1. The van der Waals surface area contributed by atoms with E-state index in [1.54, 1.807) is 6.92 Å². The number of amidine groups is 1. The van der Waals surface area contributed by atoms with Gasteiger partial charge in [-0.2, -0.15) is 0 Å². The number of aliphatic hydroxyl groups is 1. The molecule has 9 heteroatoms. The summed E-state index contributed by atoms with van der Waals surface area (Å²) in [7, 11) is 4.21. The van der Waals surface area contributed by atoms with Crippen molar-refractivity contribution in [3.8, 4) is 5.75 Å². The van der Waals surface area contributed by atoms with E-state index in [0.717, 1.165) is 29.2 Å². The Morgan fingerprint density at radius 2 is 1.97 bits per heavy atom. The summed E-state index contributed by atoms with van der Waals surface area (Å²) in [4.78, 5) is 25.9.